The molecule has 1 atom stereocenters. The molecule has 0 aromatic carbocycles. The zero-order chi connectivity index (χ0) is 21.0. The molecule has 0 spiro atoms. The zero-order valence-electron chi connectivity index (χ0n) is 18.0. The molecule has 5 fully saturated rings. The van der Waals surface area contributed by atoms with Crippen LogP contribution in [0.5, 0.6) is 0 Å². The van der Waals surface area contributed by atoms with Gasteiger partial charge in [0.1, 0.15) is 6.04 Å². The number of carbonyl (C=O) groups is 2. The van der Waals surface area contributed by atoms with Gasteiger partial charge in [0.25, 0.3) is 0 Å². The first-order chi connectivity index (χ1) is 14.4. The lowest BCUT2D eigenvalue weighted by atomic mass is 9.49. The molecule has 2 N–H and O–H groups in total. The Morgan fingerprint density at radius 3 is 2.43 bits per heavy atom. The van der Waals surface area contributed by atoms with Crippen LogP contribution in [-0.4, -0.2) is 44.1 Å². The standard InChI is InChI=1S/C22H33N5O2S/c1-13(2)27-18(24-25-21(27)30)12-23-19(28)17-4-3-5-26(17)20(29)22-9-14-6-15(10-22)8-16(7-14)11-22/h13-17H,3-12H2,1-2H3,(H,23,28)(H,25,30). The van der Waals surface area contributed by atoms with Crippen molar-refractivity contribution in [3.8, 4) is 0 Å². The summed E-state index contributed by atoms with van der Waals surface area (Å²) in [7, 11) is 0. The predicted molar refractivity (Wildman–Crippen MR) is 115 cm³/mol. The van der Waals surface area contributed by atoms with E-state index >= 15 is 0 Å². The van der Waals surface area contributed by atoms with Crippen molar-refractivity contribution in [1.82, 2.24) is 25.0 Å². The summed E-state index contributed by atoms with van der Waals surface area (Å²) in [5, 5.41) is 10.1. The Balaban J connectivity index is 1.28. The summed E-state index contributed by atoms with van der Waals surface area (Å²) in [5.74, 6) is 3.12. The average Bonchev–Trinajstić information content (AvgIpc) is 3.31. The minimum absolute atomic E-state index is 0.0604. The Bertz CT molecular complexity index is 868. The Morgan fingerprint density at radius 1 is 1.20 bits per heavy atom. The van der Waals surface area contributed by atoms with E-state index in [0.717, 1.165) is 55.7 Å². The van der Waals surface area contributed by atoms with Crippen LogP contribution in [0.2, 0.25) is 0 Å². The number of aromatic nitrogens is 3. The largest absolute Gasteiger partial charge is 0.347 e. The van der Waals surface area contributed by atoms with E-state index in [2.05, 4.69) is 15.5 Å². The van der Waals surface area contributed by atoms with Crippen molar-refractivity contribution in [3.63, 3.8) is 0 Å². The molecular weight excluding hydrogens is 398 g/mol. The molecule has 4 saturated carbocycles. The highest BCUT2D eigenvalue weighted by Crippen LogP contribution is 2.60. The van der Waals surface area contributed by atoms with Gasteiger partial charge in [0.05, 0.1) is 12.0 Å². The monoisotopic (exact) mass is 431 g/mol. The third kappa shape index (κ3) is 3.31. The summed E-state index contributed by atoms with van der Waals surface area (Å²) in [6.07, 6.45) is 8.76. The van der Waals surface area contributed by atoms with Gasteiger partial charge in [-0.15, -0.1) is 0 Å². The molecule has 4 aliphatic carbocycles. The van der Waals surface area contributed by atoms with Gasteiger partial charge in [-0.2, -0.15) is 5.10 Å². The van der Waals surface area contributed by atoms with Crippen LogP contribution in [0.25, 0.3) is 0 Å². The summed E-state index contributed by atoms with van der Waals surface area (Å²) < 4.78 is 2.48. The maximum Gasteiger partial charge on any atom is 0.243 e. The third-order valence-corrected chi connectivity index (χ3v) is 8.31. The van der Waals surface area contributed by atoms with E-state index in [1.807, 2.05) is 23.3 Å². The first kappa shape index (κ1) is 20.2. The van der Waals surface area contributed by atoms with E-state index in [0.29, 0.717) is 17.9 Å². The lowest BCUT2D eigenvalue weighted by Gasteiger charge is -2.56. The number of hydrogen-bond donors (Lipinski definition) is 2. The van der Waals surface area contributed by atoms with Gasteiger partial charge >= 0.3 is 0 Å². The summed E-state index contributed by atoms with van der Waals surface area (Å²) >= 11 is 5.29. The third-order valence-electron chi connectivity index (χ3n) is 8.02. The van der Waals surface area contributed by atoms with Crippen LogP contribution in [0, 0.1) is 27.9 Å². The minimum atomic E-state index is -0.347. The van der Waals surface area contributed by atoms with Crippen molar-refractivity contribution >= 4 is 24.0 Å². The fourth-order valence-corrected chi connectivity index (χ4v) is 7.60. The Hall–Kier alpha value is -1.70. The number of nitrogens with zero attached hydrogens (tertiary/aromatic N) is 3. The maximum absolute atomic E-state index is 13.7. The van der Waals surface area contributed by atoms with Gasteiger partial charge in [0.2, 0.25) is 11.8 Å². The Kier molecular flexibility index (Phi) is 5.03. The number of hydrogen-bond acceptors (Lipinski definition) is 4. The number of amides is 2. The van der Waals surface area contributed by atoms with Crippen LogP contribution >= 0.6 is 12.2 Å². The number of H-pyrrole nitrogens is 1. The van der Waals surface area contributed by atoms with E-state index in [-0.39, 0.29) is 29.3 Å². The molecule has 2 heterocycles. The molecule has 164 valence electrons. The molecule has 1 unspecified atom stereocenters. The molecule has 0 radical (unpaired) electrons. The van der Waals surface area contributed by atoms with E-state index in [9.17, 15) is 9.59 Å². The number of nitrogens with one attached hydrogen (secondary N) is 2. The fourth-order valence-electron chi connectivity index (χ4n) is 7.24. The van der Waals surface area contributed by atoms with Gasteiger partial charge in [-0.3, -0.25) is 14.7 Å². The molecule has 4 bridgehead atoms. The van der Waals surface area contributed by atoms with Crippen LogP contribution < -0.4 is 5.32 Å². The molecule has 1 saturated heterocycles. The predicted octanol–water partition coefficient (Wildman–Crippen LogP) is 3.35. The summed E-state index contributed by atoms with van der Waals surface area (Å²) in [4.78, 5) is 28.7. The molecule has 1 aromatic rings. The van der Waals surface area contributed by atoms with Crippen molar-refractivity contribution in [3.05, 3.63) is 10.6 Å². The van der Waals surface area contributed by atoms with E-state index in [1.165, 1.54) is 19.3 Å². The Morgan fingerprint density at radius 2 is 1.83 bits per heavy atom. The second-order valence-electron chi connectivity index (χ2n) is 10.5. The highest BCUT2D eigenvalue weighted by Gasteiger charge is 2.56. The molecule has 6 rings (SSSR count). The van der Waals surface area contributed by atoms with E-state index in [1.54, 1.807) is 0 Å². The van der Waals surface area contributed by atoms with Gasteiger partial charge in [-0.25, -0.2) is 0 Å². The number of likely N-dealkylation sites (tertiary alicyclic amines) is 1. The molecule has 30 heavy (non-hydrogen) atoms. The summed E-state index contributed by atoms with van der Waals surface area (Å²) in [6, 6.07) is -0.177. The Labute approximate surface area is 183 Å². The quantitative estimate of drug-likeness (QED) is 0.701. The topological polar surface area (TPSA) is 83.0 Å². The number of aromatic amines is 1. The molecule has 8 heteroatoms. The highest BCUT2D eigenvalue weighted by molar-refractivity contribution is 7.71. The van der Waals surface area contributed by atoms with E-state index < -0.39 is 0 Å². The number of rotatable bonds is 5. The van der Waals surface area contributed by atoms with Crippen LogP contribution in [0.15, 0.2) is 0 Å². The van der Waals surface area contributed by atoms with E-state index in [4.69, 9.17) is 12.2 Å². The molecule has 1 aliphatic heterocycles. The number of carbonyl (C=O) groups excluding carboxylic acids is 2. The van der Waals surface area contributed by atoms with Gasteiger partial charge in [-0.1, -0.05) is 0 Å². The van der Waals surface area contributed by atoms with Gasteiger partial charge < -0.3 is 14.8 Å². The second kappa shape index (κ2) is 7.46. The smallest absolute Gasteiger partial charge is 0.243 e. The first-order valence-electron chi connectivity index (χ1n) is 11.6. The van der Waals surface area contributed by atoms with Crippen LogP contribution in [0.3, 0.4) is 0 Å². The molecule has 7 nitrogen and oxygen atoms in total. The van der Waals surface area contributed by atoms with Crippen LogP contribution in [0.1, 0.15) is 77.1 Å². The second-order valence-corrected chi connectivity index (χ2v) is 10.9. The average molecular weight is 432 g/mol. The van der Waals surface area contributed by atoms with Gasteiger partial charge in [0, 0.05) is 12.6 Å². The van der Waals surface area contributed by atoms with Gasteiger partial charge in [-0.05, 0) is 95.2 Å². The van der Waals surface area contributed by atoms with Crippen molar-refractivity contribution in [2.24, 2.45) is 23.2 Å². The van der Waals surface area contributed by atoms with Crippen molar-refractivity contribution in [2.45, 2.75) is 83.8 Å². The molecule has 2 amide bonds. The van der Waals surface area contributed by atoms with Gasteiger partial charge in [0.15, 0.2) is 10.6 Å². The summed E-state index contributed by atoms with van der Waals surface area (Å²) in [5.41, 5.74) is -0.183. The SMILES string of the molecule is CC(C)n1c(CNC(=O)C2CCCN2C(=O)C23CC4CC(CC(C4)C2)C3)n[nH]c1=S. The molecular formula is C22H33N5O2S. The van der Waals surface area contributed by atoms with Crippen molar-refractivity contribution < 1.29 is 9.59 Å². The minimum Gasteiger partial charge on any atom is -0.347 e. The lowest BCUT2D eigenvalue weighted by Crippen LogP contribution is -2.57. The fraction of sp³-hybridized carbons (Fsp3) is 0.818. The molecule has 1 aromatic heterocycles. The van der Waals surface area contributed by atoms with Crippen molar-refractivity contribution in [2.75, 3.05) is 6.54 Å². The maximum atomic E-state index is 13.7. The highest BCUT2D eigenvalue weighted by atomic mass is 32.1. The van der Waals surface area contributed by atoms with Crippen molar-refractivity contribution in [1.29, 1.82) is 0 Å². The summed E-state index contributed by atoms with van der Waals surface area (Å²) in [6.45, 7) is 5.11. The van der Waals surface area contributed by atoms with Crippen LogP contribution in [0.4, 0.5) is 0 Å². The lowest BCUT2D eigenvalue weighted by molar-refractivity contribution is -0.160. The van der Waals surface area contributed by atoms with Crippen LogP contribution in [-0.2, 0) is 16.1 Å². The normalized spacial score (nSPS) is 34.7. The zero-order valence-corrected chi connectivity index (χ0v) is 18.8. The molecule has 5 aliphatic rings. The first-order valence-corrected chi connectivity index (χ1v) is 12.0.